The third kappa shape index (κ3) is 4.87. The van der Waals surface area contributed by atoms with Gasteiger partial charge in [0.2, 0.25) is 0 Å². The topological polar surface area (TPSA) is 120 Å². The Kier molecular flexibility index (Phi) is 6.39. The molecule has 1 aromatic heterocycles. The van der Waals surface area contributed by atoms with Crippen LogP contribution in [0.15, 0.2) is 61.1 Å². The molecule has 9 nitrogen and oxygen atoms in total. The van der Waals surface area contributed by atoms with Crippen molar-refractivity contribution in [2.24, 2.45) is 0 Å². The first kappa shape index (κ1) is 22.1. The van der Waals surface area contributed by atoms with Crippen molar-refractivity contribution in [3.63, 3.8) is 0 Å². The number of fused-ring (bicyclic) bond motifs is 3. The number of benzene rings is 2. The lowest BCUT2D eigenvalue weighted by Crippen LogP contribution is -2.43. The molecule has 1 aliphatic rings. The van der Waals surface area contributed by atoms with Gasteiger partial charge in [-0.15, -0.1) is 0 Å². The number of rotatable bonds is 8. The van der Waals surface area contributed by atoms with E-state index in [9.17, 15) is 14.4 Å². The lowest BCUT2D eigenvalue weighted by atomic mass is 9.98. The molecule has 1 amide bonds. The summed E-state index contributed by atoms with van der Waals surface area (Å²) in [6.45, 7) is -0.142. The molecule has 1 heterocycles. The summed E-state index contributed by atoms with van der Waals surface area (Å²) in [5.41, 5.74) is 4.84. The zero-order valence-corrected chi connectivity index (χ0v) is 17.9. The summed E-state index contributed by atoms with van der Waals surface area (Å²) in [5, 5.41) is 11.4. The minimum absolute atomic E-state index is 0.0312. The van der Waals surface area contributed by atoms with Crippen LogP contribution in [0.4, 0.5) is 4.79 Å². The van der Waals surface area contributed by atoms with Gasteiger partial charge in [0, 0.05) is 18.5 Å². The largest absolute Gasteiger partial charge is 0.480 e. The molecular weight excluding hydrogens is 426 g/mol. The number of aliphatic carboxylic acids is 1. The monoisotopic (exact) mass is 449 g/mol. The Hall–Kier alpha value is -4.14. The molecule has 4 rings (SSSR count). The number of hydrogen-bond donors (Lipinski definition) is 2. The molecule has 0 aliphatic heterocycles. The van der Waals surface area contributed by atoms with Crippen LogP contribution in [0.25, 0.3) is 11.1 Å². The first-order valence-corrected chi connectivity index (χ1v) is 10.4. The zero-order chi connectivity index (χ0) is 23.4. The van der Waals surface area contributed by atoms with Gasteiger partial charge in [0.1, 0.15) is 19.2 Å². The van der Waals surface area contributed by atoms with Crippen molar-refractivity contribution < 1.29 is 29.0 Å². The van der Waals surface area contributed by atoms with Crippen LogP contribution in [0.2, 0.25) is 0 Å². The van der Waals surface area contributed by atoms with E-state index < -0.39 is 24.1 Å². The molecule has 3 aromatic rings. The second kappa shape index (κ2) is 9.56. The Balaban J connectivity index is 1.42. The molecule has 170 valence electrons. The van der Waals surface area contributed by atoms with Crippen molar-refractivity contribution in [3.8, 4) is 11.1 Å². The van der Waals surface area contributed by atoms with Crippen molar-refractivity contribution in [1.82, 2.24) is 14.9 Å². The second-order valence-corrected chi connectivity index (χ2v) is 7.68. The first-order chi connectivity index (χ1) is 16.0. The summed E-state index contributed by atoms with van der Waals surface area (Å²) >= 11 is 0. The van der Waals surface area contributed by atoms with Crippen LogP contribution in [0, 0.1) is 0 Å². The third-order valence-electron chi connectivity index (χ3n) is 5.54. The maximum absolute atomic E-state index is 12.6. The number of amides is 1. The Morgan fingerprint density at radius 1 is 1.09 bits per heavy atom. The van der Waals surface area contributed by atoms with Crippen molar-refractivity contribution in [3.05, 3.63) is 77.9 Å². The van der Waals surface area contributed by atoms with Crippen LogP contribution < -0.4 is 5.32 Å². The Morgan fingerprint density at radius 3 is 2.33 bits per heavy atom. The fourth-order valence-corrected chi connectivity index (χ4v) is 4.08. The van der Waals surface area contributed by atoms with Crippen molar-refractivity contribution in [2.45, 2.75) is 24.9 Å². The summed E-state index contributed by atoms with van der Waals surface area (Å²) in [7, 11) is 1.22. The van der Waals surface area contributed by atoms with E-state index in [0.29, 0.717) is 5.69 Å². The first-order valence-electron chi connectivity index (χ1n) is 10.4. The summed E-state index contributed by atoms with van der Waals surface area (Å²) in [4.78, 5) is 39.7. The highest BCUT2D eigenvalue weighted by Crippen LogP contribution is 2.44. The normalized spacial score (nSPS) is 13.0. The minimum Gasteiger partial charge on any atom is -0.480 e. The van der Waals surface area contributed by atoms with Gasteiger partial charge in [0.05, 0.1) is 19.1 Å². The molecule has 0 unspecified atom stereocenters. The van der Waals surface area contributed by atoms with E-state index in [2.05, 4.69) is 10.3 Å². The van der Waals surface area contributed by atoms with Gasteiger partial charge in [-0.3, -0.25) is 4.79 Å². The number of hydrogen-bond acceptors (Lipinski definition) is 6. The predicted octanol–water partition coefficient (Wildman–Crippen LogP) is 2.59. The maximum atomic E-state index is 12.6. The van der Waals surface area contributed by atoms with Crippen LogP contribution in [-0.4, -0.2) is 52.4 Å². The minimum atomic E-state index is -1.03. The summed E-state index contributed by atoms with van der Waals surface area (Å²) in [6, 6.07) is 15.0. The molecule has 0 radical (unpaired) electrons. The van der Waals surface area contributed by atoms with E-state index in [0.717, 1.165) is 22.3 Å². The van der Waals surface area contributed by atoms with Crippen molar-refractivity contribution in [1.29, 1.82) is 0 Å². The number of carbonyl (C=O) groups is 3. The number of esters is 1. The Labute approximate surface area is 190 Å². The number of aromatic nitrogens is 2. The van der Waals surface area contributed by atoms with Gasteiger partial charge >= 0.3 is 18.0 Å². The van der Waals surface area contributed by atoms with Gasteiger partial charge < -0.3 is 24.5 Å². The number of alkyl carbamates (subject to hydrolysis) is 1. The lowest BCUT2D eigenvalue weighted by molar-refractivity contribution is -0.143. The highest BCUT2D eigenvalue weighted by molar-refractivity contribution is 5.82. The molecule has 1 aliphatic carbocycles. The molecular formula is C24H23N3O6. The third-order valence-corrected chi connectivity index (χ3v) is 5.54. The molecule has 33 heavy (non-hydrogen) atoms. The number of nitrogens with one attached hydrogen (secondary N) is 1. The highest BCUT2D eigenvalue weighted by atomic mass is 16.6. The van der Waals surface area contributed by atoms with E-state index in [1.807, 2.05) is 48.5 Å². The van der Waals surface area contributed by atoms with E-state index in [-0.39, 0.29) is 25.5 Å². The summed E-state index contributed by atoms with van der Waals surface area (Å²) in [5.74, 6) is -1.78. The van der Waals surface area contributed by atoms with E-state index in [1.165, 1.54) is 24.2 Å². The van der Waals surface area contributed by atoms with Gasteiger partial charge in [0.25, 0.3) is 0 Å². The number of nitrogens with zero attached hydrogens (tertiary/aromatic N) is 2. The quantitative estimate of drug-likeness (QED) is 0.507. The van der Waals surface area contributed by atoms with Gasteiger partial charge in [-0.1, -0.05) is 48.5 Å². The summed E-state index contributed by atoms with van der Waals surface area (Å²) in [6.07, 6.45) is 2.13. The molecule has 0 saturated heterocycles. The van der Waals surface area contributed by atoms with Crippen LogP contribution >= 0.6 is 0 Å². The molecule has 2 aromatic carbocycles. The number of carbonyl (C=O) groups excluding carboxylic acids is 2. The average Bonchev–Trinajstić information content (AvgIpc) is 3.38. The average molecular weight is 449 g/mol. The lowest BCUT2D eigenvalue weighted by Gasteiger charge is -2.18. The van der Waals surface area contributed by atoms with Gasteiger partial charge in [-0.05, 0) is 22.3 Å². The fraction of sp³-hybridized carbons (Fsp3) is 0.250. The number of methoxy groups -OCH3 is 1. The molecule has 9 heteroatoms. The molecule has 0 spiro atoms. The Bertz CT molecular complexity index is 1140. The standard InChI is InChI=1S/C24H23N3O6/c1-32-23(30)21(10-15-11-27(14-25-15)12-22(28)29)26-24(31)33-13-20-18-8-4-2-6-16(18)17-7-3-5-9-19(17)20/h2-9,11,14,20-21H,10,12-13H2,1H3,(H,26,31)(H,28,29)/t21-/m0/s1. The van der Waals surface area contributed by atoms with E-state index in [1.54, 1.807) is 0 Å². The second-order valence-electron chi connectivity index (χ2n) is 7.68. The van der Waals surface area contributed by atoms with Crippen molar-refractivity contribution in [2.75, 3.05) is 13.7 Å². The maximum Gasteiger partial charge on any atom is 0.407 e. The highest BCUT2D eigenvalue weighted by Gasteiger charge is 2.30. The zero-order valence-electron chi connectivity index (χ0n) is 17.9. The molecule has 0 saturated carbocycles. The van der Waals surface area contributed by atoms with Gasteiger partial charge in [-0.2, -0.15) is 0 Å². The summed E-state index contributed by atoms with van der Waals surface area (Å²) < 4.78 is 11.7. The van der Waals surface area contributed by atoms with E-state index >= 15 is 0 Å². The number of carboxylic acid groups (broad SMARTS) is 1. The van der Waals surface area contributed by atoms with Crippen LogP contribution in [0.1, 0.15) is 22.7 Å². The van der Waals surface area contributed by atoms with Crippen LogP contribution in [0.5, 0.6) is 0 Å². The van der Waals surface area contributed by atoms with E-state index in [4.69, 9.17) is 14.6 Å². The SMILES string of the molecule is COC(=O)[C@H](Cc1cn(CC(=O)O)cn1)NC(=O)OCC1c2ccccc2-c2ccccc21. The van der Waals surface area contributed by atoms with Gasteiger partial charge in [-0.25, -0.2) is 14.6 Å². The van der Waals surface area contributed by atoms with Crippen LogP contribution in [0.3, 0.4) is 0 Å². The van der Waals surface area contributed by atoms with Gasteiger partial charge in [0.15, 0.2) is 0 Å². The number of imidazole rings is 1. The fourth-order valence-electron chi connectivity index (χ4n) is 4.08. The molecule has 1 atom stereocenters. The molecule has 0 fully saturated rings. The smallest absolute Gasteiger partial charge is 0.407 e. The number of carboxylic acids is 1. The molecule has 0 bridgehead atoms. The van der Waals surface area contributed by atoms with Crippen LogP contribution in [-0.2, 0) is 32.0 Å². The number of ether oxygens (including phenoxy) is 2. The predicted molar refractivity (Wildman–Crippen MR) is 118 cm³/mol. The Morgan fingerprint density at radius 2 is 1.73 bits per heavy atom. The van der Waals surface area contributed by atoms with Crippen molar-refractivity contribution >= 4 is 18.0 Å². The molecule has 2 N–H and O–H groups in total.